The van der Waals surface area contributed by atoms with Gasteiger partial charge in [0.2, 0.25) is 5.91 Å². The Morgan fingerprint density at radius 2 is 1.90 bits per heavy atom. The maximum Gasteiger partial charge on any atom is 0.409 e. The molecular formula is C21H26N4O5S. The first-order chi connectivity index (χ1) is 15.0. The van der Waals surface area contributed by atoms with Crippen molar-refractivity contribution >= 4 is 23.8 Å². The number of nitrogens with zero attached hydrogens (tertiary/aromatic N) is 3. The molecule has 0 bridgehead atoms. The largest absolute Gasteiger partial charge is 0.497 e. The van der Waals surface area contributed by atoms with Gasteiger partial charge in [-0.25, -0.2) is 9.78 Å². The molecule has 1 aliphatic heterocycles. The Labute approximate surface area is 184 Å². The third-order valence-corrected chi connectivity index (χ3v) is 5.72. The predicted molar refractivity (Wildman–Crippen MR) is 116 cm³/mol. The fourth-order valence-electron chi connectivity index (χ4n) is 3.18. The van der Waals surface area contributed by atoms with Gasteiger partial charge < -0.3 is 24.3 Å². The van der Waals surface area contributed by atoms with Crippen LogP contribution in [0.1, 0.15) is 18.2 Å². The minimum atomic E-state index is -0.358. The number of carbonyl (C=O) groups excluding carboxylic acids is 2. The van der Waals surface area contributed by atoms with Crippen molar-refractivity contribution in [3.63, 3.8) is 0 Å². The van der Waals surface area contributed by atoms with Gasteiger partial charge in [-0.3, -0.25) is 9.59 Å². The number of ether oxygens (including phenoxy) is 2. The van der Waals surface area contributed by atoms with Gasteiger partial charge in [-0.1, -0.05) is 23.9 Å². The number of H-pyrrole nitrogens is 1. The van der Waals surface area contributed by atoms with Crippen LogP contribution in [-0.2, 0) is 21.7 Å². The smallest absolute Gasteiger partial charge is 0.409 e. The van der Waals surface area contributed by atoms with E-state index in [2.05, 4.69) is 9.97 Å². The molecule has 1 aliphatic rings. The van der Waals surface area contributed by atoms with Crippen LogP contribution in [0.4, 0.5) is 4.79 Å². The first kappa shape index (κ1) is 22.7. The van der Waals surface area contributed by atoms with E-state index in [0.29, 0.717) is 49.4 Å². The zero-order valence-corrected chi connectivity index (χ0v) is 18.4. The van der Waals surface area contributed by atoms with Crippen LogP contribution in [0.25, 0.3) is 0 Å². The number of benzene rings is 1. The minimum absolute atomic E-state index is 0.0377. The number of methoxy groups -OCH3 is 1. The lowest BCUT2D eigenvalue weighted by molar-refractivity contribution is -0.132. The highest BCUT2D eigenvalue weighted by Crippen LogP contribution is 2.21. The number of amides is 2. The number of piperazine rings is 1. The van der Waals surface area contributed by atoms with Crippen molar-refractivity contribution in [2.75, 3.05) is 39.9 Å². The summed E-state index contributed by atoms with van der Waals surface area (Å²) >= 11 is 1.39. The summed E-state index contributed by atoms with van der Waals surface area (Å²) in [5.74, 6) is 1.25. The minimum Gasteiger partial charge on any atom is -0.497 e. The van der Waals surface area contributed by atoms with Crippen molar-refractivity contribution in [1.82, 2.24) is 19.8 Å². The second kappa shape index (κ2) is 10.9. The average Bonchev–Trinajstić information content (AvgIpc) is 2.77. The van der Waals surface area contributed by atoms with Gasteiger partial charge in [-0.2, -0.15) is 0 Å². The molecule has 0 atom stereocenters. The third kappa shape index (κ3) is 6.48. The van der Waals surface area contributed by atoms with E-state index in [-0.39, 0.29) is 24.0 Å². The molecule has 1 aromatic heterocycles. The van der Waals surface area contributed by atoms with Gasteiger partial charge in [-0.05, 0) is 24.6 Å². The van der Waals surface area contributed by atoms with Crippen LogP contribution < -0.4 is 10.3 Å². The molecule has 2 aromatic rings. The SMILES string of the molecule is CCOC(=O)N1CCN(C(=O)Cc2cc(=O)[nH]c(SCc3cccc(OC)c3)n2)CC1. The predicted octanol–water partition coefficient (Wildman–Crippen LogP) is 1.91. The lowest BCUT2D eigenvalue weighted by atomic mass is 10.2. The third-order valence-electron chi connectivity index (χ3n) is 4.77. The van der Waals surface area contributed by atoms with E-state index in [1.54, 1.807) is 23.8 Å². The Balaban J connectivity index is 1.57. The van der Waals surface area contributed by atoms with Crippen molar-refractivity contribution < 1.29 is 19.1 Å². The van der Waals surface area contributed by atoms with Crippen LogP contribution in [-0.4, -0.2) is 71.7 Å². The summed E-state index contributed by atoms with van der Waals surface area (Å²) in [5, 5.41) is 0.463. The van der Waals surface area contributed by atoms with E-state index in [4.69, 9.17) is 9.47 Å². The van der Waals surface area contributed by atoms with E-state index in [1.807, 2.05) is 24.3 Å². The summed E-state index contributed by atoms with van der Waals surface area (Å²) in [7, 11) is 1.61. The fraction of sp³-hybridized carbons (Fsp3) is 0.429. The molecule has 1 N–H and O–H groups in total. The van der Waals surface area contributed by atoms with Crippen molar-refractivity contribution in [3.05, 3.63) is 51.9 Å². The van der Waals surface area contributed by atoms with Crippen LogP contribution in [0.5, 0.6) is 5.75 Å². The average molecular weight is 447 g/mol. The number of rotatable bonds is 7. The molecule has 0 spiro atoms. The number of hydrogen-bond acceptors (Lipinski definition) is 7. The van der Waals surface area contributed by atoms with E-state index in [0.717, 1.165) is 11.3 Å². The molecule has 0 aliphatic carbocycles. The number of nitrogens with one attached hydrogen (secondary N) is 1. The van der Waals surface area contributed by atoms with Gasteiger partial charge in [0.1, 0.15) is 5.75 Å². The van der Waals surface area contributed by atoms with E-state index in [1.165, 1.54) is 17.8 Å². The maximum atomic E-state index is 12.7. The standard InChI is InChI=1S/C21H26N4O5S/c1-3-30-21(28)25-9-7-24(8-10-25)19(27)13-16-12-18(26)23-20(22-16)31-14-15-5-4-6-17(11-15)29-2/h4-6,11-12H,3,7-10,13-14H2,1-2H3,(H,22,23,26). The van der Waals surface area contributed by atoms with Crippen LogP contribution in [0, 0.1) is 0 Å². The van der Waals surface area contributed by atoms with E-state index >= 15 is 0 Å². The highest BCUT2D eigenvalue weighted by atomic mass is 32.2. The molecule has 10 heteroatoms. The Hall–Kier alpha value is -3.01. The highest BCUT2D eigenvalue weighted by Gasteiger charge is 2.25. The molecule has 166 valence electrons. The van der Waals surface area contributed by atoms with Gasteiger partial charge >= 0.3 is 6.09 Å². The van der Waals surface area contributed by atoms with Crippen LogP contribution in [0.3, 0.4) is 0 Å². The number of thioether (sulfide) groups is 1. The zero-order valence-electron chi connectivity index (χ0n) is 17.6. The van der Waals surface area contributed by atoms with Gasteiger partial charge in [0, 0.05) is 38.0 Å². The summed E-state index contributed by atoms with van der Waals surface area (Å²) in [5.41, 5.74) is 1.17. The lowest BCUT2D eigenvalue weighted by Crippen LogP contribution is -2.51. The normalized spacial score (nSPS) is 13.7. The molecule has 2 amide bonds. The summed E-state index contributed by atoms with van der Waals surface area (Å²) < 4.78 is 10.2. The Kier molecular flexibility index (Phi) is 7.94. The van der Waals surface area contributed by atoms with Crippen molar-refractivity contribution in [1.29, 1.82) is 0 Å². The molecule has 1 saturated heterocycles. The Morgan fingerprint density at radius 1 is 1.16 bits per heavy atom. The molecular weight excluding hydrogens is 420 g/mol. The number of aromatic nitrogens is 2. The van der Waals surface area contributed by atoms with Crippen molar-refractivity contribution in [2.24, 2.45) is 0 Å². The van der Waals surface area contributed by atoms with Crippen LogP contribution in [0.15, 0.2) is 40.3 Å². The maximum absolute atomic E-state index is 12.7. The topological polar surface area (TPSA) is 105 Å². The van der Waals surface area contributed by atoms with Gasteiger partial charge in [-0.15, -0.1) is 0 Å². The molecule has 0 saturated carbocycles. The van der Waals surface area contributed by atoms with Gasteiger partial charge in [0.05, 0.1) is 25.8 Å². The lowest BCUT2D eigenvalue weighted by Gasteiger charge is -2.34. The molecule has 9 nitrogen and oxygen atoms in total. The number of hydrogen-bond donors (Lipinski definition) is 1. The van der Waals surface area contributed by atoms with Crippen LogP contribution in [0.2, 0.25) is 0 Å². The van der Waals surface area contributed by atoms with E-state index < -0.39 is 0 Å². The number of aromatic amines is 1. The van der Waals surface area contributed by atoms with E-state index in [9.17, 15) is 14.4 Å². The molecule has 3 rings (SSSR count). The highest BCUT2D eigenvalue weighted by molar-refractivity contribution is 7.98. The second-order valence-corrected chi connectivity index (χ2v) is 7.89. The monoisotopic (exact) mass is 446 g/mol. The summed E-state index contributed by atoms with van der Waals surface area (Å²) in [4.78, 5) is 46.9. The Bertz CT molecular complexity index is 972. The molecule has 31 heavy (non-hydrogen) atoms. The molecule has 2 heterocycles. The van der Waals surface area contributed by atoms with Crippen LogP contribution >= 0.6 is 11.8 Å². The van der Waals surface area contributed by atoms with Crippen molar-refractivity contribution in [3.8, 4) is 5.75 Å². The summed E-state index contributed by atoms with van der Waals surface area (Å²) in [6, 6.07) is 9.02. The summed E-state index contributed by atoms with van der Waals surface area (Å²) in [6.45, 7) is 3.79. The first-order valence-electron chi connectivity index (χ1n) is 10.0. The molecule has 1 fully saturated rings. The quantitative estimate of drug-likeness (QED) is 0.512. The molecule has 1 aromatic carbocycles. The number of carbonyl (C=O) groups is 2. The summed E-state index contributed by atoms with van der Waals surface area (Å²) in [6.07, 6.45) is -0.320. The second-order valence-electron chi connectivity index (χ2n) is 6.93. The molecule has 0 radical (unpaired) electrons. The van der Waals surface area contributed by atoms with Gasteiger partial charge in [0.15, 0.2) is 5.16 Å². The van der Waals surface area contributed by atoms with Gasteiger partial charge in [0.25, 0.3) is 5.56 Å². The fourth-order valence-corrected chi connectivity index (χ4v) is 4.01. The first-order valence-corrected chi connectivity index (χ1v) is 11.0. The Morgan fingerprint density at radius 3 is 2.61 bits per heavy atom. The molecule has 0 unspecified atom stereocenters. The van der Waals surface area contributed by atoms with Crippen molar-refractivity contribution in [2.45, 2.75) is 24.3 Å². The zero-order chi connectivity index (χ0) is 22.2.